The lowest BCUT2D eigenvalue weighted by Crippen LogP contribution is -2.25. The van der Waals surface area contributed by atoms with Gasteiger partial charge < -0.3 is 9.47 Å². The first-order valence-electron chi connectivity index (χ1n) is 5.47. The van der Waals surface area contributed by atoms with E-state index in [9.17, 15) is 4.79 Å². The average molecular weight is 248 g/mol. The van der Waals surface area contributed by atoms with Crippen molar-refractivity contribution in [3.63, 3.8) is 0 Å². The summed E-state index contributed by atoms with van der Waals surface area (Å²) in [4.78, 5) is 11.4. The molecule has 4 heteroatoms. The summed E-state index contributed by atoms with van der Waals surface area (Å²) in [5, 5.41) is 0. The third-order valence-corrected chi connectivity index (χ3v) is 2.32. The summed E-state index contributed by atoms with van der Waals surface area (Å²) in [5.41, 5.74) is -0.389. The molecule has 0 aromatic rings. The largest absolute Gasteiger partial charge is 0.368 e. The molecule has 0 saturated heterocycles. The van der Waals surface area contributed by atoms with Crippen molar-refractivity contribution < 1.29 is 14.3 Å². The van der Waals surface area contributed by atoms with Gasteiger partial charge in [-0.25, -0.2) is 0 Å². The van der Waals surface area contributed by atoms with E-state index < -0.39 is 0 Å². The summed E-state index contributed by atoms with van der Waals surface area (Å²) in [6.07, 6.45) is 0. The molecule has 3 nitrogen and oxygen atoms in total. The van der Waals surface area contributed by atoms with Gasteiger partial charge in [-0.05, 0) is 41.5 Å². The van der Waals surface area contributed by atoms with Gasteiger partial charge in [0, 0.05) is 0 Å². The quantitative estimate of drug-likeness (QED) is 0.535. The minimum absolute atomic E-state index is 0.109. The molecule has 0 aliphatic rings. The van der Waals surface area contributed by atoms with Gasteiger partial charge in [0.15, 0.2) is 5.78 Å². The normalized spacial score (nSPS) is 12.9. The second-order valence-electron chi connectivity index (χ2n) is 5.66. The molecule has 0 aliphatic carbocycles. The van der Waals surface area contributed by atoms with Gasteiger partial charge >= 0.3 is 0 Å². The highest BCUT2D eigenvalue weighted by Gasteiger charge is 2.13. The zero-order valence-corrected chi connectivity index (χ0v) is 12.1. The lowest BCUT2D eigenvalue weighted by molar-refractivity contribution is -0.125. The maximum Gasteiger partial charge on any atom is 0.168 e. The maximum atomic E-state index is 11.4. The van der Waals surface area contributed by atoms with Crippen molar-refractivity contribution in [2.24, 2.45) is 0 Å². The van der Waals surface area contributed by atoms with Crippen LogP contribution in [-0.4, -0.2) is 35.3 Å². The third-order valence-electron chi connectivity index (χ3n) is 1.50. The average Bonchev–Trinajstić information content (AvgIpc) is 2.06. The fourth-order valence-electron chi connectivity index (χ4n) is 0.713. The number of ether oxygens (including phenoxy) is 2. The number of hydrogen-bond donors (Lipinski definition) is 0. The second kappa shape index (κ2) is 6.62. The number of carbonyl (C=O) groups is 1. The van der Waals surface area contributed by atoms with Crippen LogP contribution >= 0.6 is 11.8 Å². The first kappa shape index (κ1) is 15.9. The summed E-state index contributed by atoms with van der Waals surface area (Å²) >= 11 is 1.49. The van der Waals surface area contributed by atoms with Crippen LogP contribution in [0.15, 0.2) is 0 Å². The third kappa shape index (κ3) is 12.0. The second-order valence-corrected chi connectivity index (χ2v) is 6.60. The minimum atomic E-state index is -0.248. The van der Waals surface area contributed by atoms with Crippen molar-refractivity contribution in [2.45, 2.75) is 52.7 Å². The van der Waals surface area contributed by atoms with Crippen LogP contribution < -0.4 is 0 Å². The summed E-state index contributed by atoms with van der Waals surface area (Å²) < 4.78 is 10.9. The Morgan fingerprint density at radius 2 is 1.50 bits per heavy atom. The number of thioether (sulfide) groups is 1. The Balaban J connectivity index is 3.52. The lowest BCUT2D eigenvalue weighted by atomic mass is 10.2. The van der Waals surface area contributed by atoms with Crippen molar-refractivity contribution in [1.82, 2.24) is 0 Å². The van der Waals surface area contributed by atoms with Crippen molar-refractivity contribution in [1.29, 1.82) is 0 Å². The van der Waals surface area contributed by atoms with E-state index in [4.69, 9.17) is 9.47 Å². The predicted molar refractivity (Wildman–Crippen MR) is 68.9 cm³/mol. The summed E-state index contributed by atoms with van der Waals surface area (Å²) in [5.74, 6) is 1.11. The molecule has 0 rings (SSSR count). The number of rotatable bonds is 6. The van der Waals surface area contributed by atoms with E-state index in [-0.39, 0.29) is 23.6 Å². The first-order valence-corrected chi connectivity index (χ1v) is 6.63. The number of ketones is 1. The molecule has 0 radical (unpaired) electrons. The number of hydrogen-bond acceptors (Lipinski definition) is 4. The van der Waals surface area contributed by atoms with Crippen molar-refractivity contribution in [2.75, 3.05) is 18.3 Å². The van der Waals surface area contributed by atoms with E-state index in [2.05, 4.69) is 0 Å². The molecule has 0 amide bonds. The van der Waals surface area contributed by atoms with Crippen molar-refractivity contribution in [3.8, 4) is 0 Å². The van der Waals surface area contributed by atoms with Crippen LogP contribution in [0.3, 0.4) is 0 Å². The smallest absolute Gasteiger partial charge is 0.168 e. The Kier molecular flexibility index (Phi) is 6.60. The van der Waals surface area contributed by atoms with Crippen LogP contribution in [-0.2, 0) is 14.3 Å². The van der Waals surface area contributed by atoms with E-state index >= 15 is 0 Å². The summed E-state index contributed by atoms with van der Waals surface area (Å²) in [7, 11) is 0. The zero-order chi connectivity index (χ0) is 12.8. The Morgan fingerprint density at radius 1 is 1.00 bits per heavy atom. The van der Waals surface area contributed by atoms with Crippen LogP contribution in [0.4, 0.5) is 0 Å². The predicted octanol–water partition coefficient (Wildman–Crippen LogP) is 2.88. The van der Waals surface area contributed by atoms with Gasteiger partial charge in [-0.1, -0.05) is 0 Å². The molecular formula is C12H24O3S. The van der Waals surface area contributed by atoms with Crippen LogP contribution in [0.25, 0.3) is 0 Å². The van der Waals surface area contributed by atoms with Gasteiger partial charge in [-0.15, -0.1) is 11.8 Å². The lowest BCUT2D eigenvalue weighted by Gasteiger charge is -2.20. The van der Waals surface area contributed by atoms with Gasteiger partial charge in [0.05, 0.1) is 22.9 Å². The Labute approximate surface area is 103 Å². The summed E-state index contributed by atoms with van der Waals surface area (Å²) in [6.45, 7) is 12.0. The van der Waals surface area contributed by atoms with Crippen molar-refractivity contribution in [3.05, 3.63) is 0 Å². The maximum absolute atomic E-state index is 11.4. The van der Waals surface area contributed by atoms with E-state index in [1.165, 1.54) is 11.8 Å². The molecule has 16 heavy (non-hydrogen) atoms. The Hall–Kier alpha value is -0.0600. The number of carbonyl (C=O) groups excluding carboxylic acids is 1. The van der Waals surface area contributed by atoms with Gasteiger partial charge in [0.2, 0.25) is 0 Å². The molecule has 0 aromatic heterocycles. The molecule has 0 unspecified atom stereocenters. The summed E-state index contributed by atoms with van der Waals surface area (Å²) in [6, 6.07) is 0. The van der Waals surface area contributed by atoms with Gasteiger partial charge in [-0.3, -0.25) is 4.79 Å². The molecule has 0 bridgehead atoms. The first-order chi connectivity index (χ1) is 7.10. The highest BCUT2D eigenvalue weighted by atomic mass is 32.2. The standard InChI is InChI=1S/C12H24O3S/c1-11(2,3)14-7-10(13)8-16-9-15-12(4,5)6/h7-9H2,1-6H3. The van der Waals surface area contributed by atoms with Crippen LogP contribution in [0.5, 0.6) is 0 Å². The van der Waals surface area contributed by atoms with E-state index in [1.54, 1.807) is 0 Å². The molecule has 0 atom stereocenters. The monoisotopic (exact) mass is 248 g/mol. The molecule has 0 N–H and O–H groups in total. The van der Waals surface area contributed by atoms with Crippen molar-refractivity contribution >= 4 is 17.5 Å². The van der Waals surface area contributed by atoms with Gasteiger partial charge in [0.1, 0.15) is 6.61 Å². The fraction of sp³-hybridized carbons (Fsp3) is 0.917. The molecule has 96 valence electrons. The SMILES string of the molecule is CC(C)(C)OCSCC(=O)COC(C)(C)C. The molecule has 0 fully saturated rings. The number of Topliss-reactive ketones (excluding diaryl/α,β-unsaturated/α-hetero) is 1. The van der Waals surface area contributed by atoms with E-state index in [0.717, 1.165) is 0 Å². The van der Waals surface area contributed by atoms with Gasteiger partial charge in [0.25, 0.3) is 0 Å². The highest BCUT2D eigenvalue weighted by molar-refractivity contribution is 7.99. The van der Waals surface area contributed by atoms with Gasteiger partial charge in [-0.2, -0.15) is 0 Å². The molecular weight excluding hydrogens is 224 g/mol. The topological polar surface area (TPSA) is 35.5 Å². The highest BCUT2D eigenvalue weighted by Crippen LogP contribution is 2.12. The fourth-order valence-corrected chi connectivity index (χ4v) is 1.54. The molecule has 0 aliphatic heterocycles. The molecule has 0 heterocycles. The molecule has 0 spiro atoms. The van der Waals surface area contributed by atoms with E-state index in [1.807, 2.05) is 41.5 Å². The van der Waals surface area contributed by atoms with Crippen LogP contribution in [0.2, 0.25) is 0 Å². The van der Waals surface area contributed by atoms with E-state index in [0.29, 0.717) is 11.7 Å². The van der Waals surface area contributed by atoms with Crippen LogP contribution in [0, 0.1) is 0 Å². The minimum Gasteiger partial charge on any atom is -0.368 e. The van der Waals surface area contributed by atoms with Crippen LogP contribution in [0.1, 0.15) is 41.5 Å². The zero-order valence-electron chi connectivity index (χ0n) is 11.3. The Bertz CT molecular complexity index is 213. The molecule has 0 aromatic carbocycles. The molecule has 0 saturated carbocycles. The Morgan fingerprint density at radius 3 is 1.94 bits per heavy atom.